The molecule has 0 saturated heterocycles. The lowest BCUT2D eigenvalue weighted by Crippen LogP contribution is -1.97. The Labute approximate surface area is 261 Å². The Kier molecular flexibility index (Phi) is 13.0. The molecule has 2 heteroatoms. The van der Waals surface area contributed by atoms with Crippen LogP contribution in [0.25, 0.3) is 28.3 Å². The summed E-state index contributed by atoms with van der Waals surface area (Å²) in [6, 6.07) is 33.2. The number of nitrogens with zero attached hydrogens (tertiary/aromatic N) is 2. The van der Waals surface area contributed by atoms with Gasteiger partial charge in [0, 0.05) is 0 Å². The van der Waals surface area contributed by atoms with Crippen LogP contribution in [-0.4, -0.2) is 0 Å². The first-order valence-electron chi connectivity index (χ1n) is 16.6. The largest absolute Gasteiger partial charge is 0.155 e. The standard InChI is InChI=1S/C41H50N2/c1-5-8-10-11-12-19-25-39-40(36-21-15-13-16-22-36)30-35(31-41(39)37-23-17-14-18-24-37)26-32(4)42-43-38-28-33(7-3)27-34(29-38)20-9-6-2/h13-18,21-24,26-31H,5-12,19-20,25H2,1-4H3. The van der Waals surface area contributed by atoms with E-state index in [9.17, 15) is 0 Å². The predicted molar refractivity (Wildman–Crippen MR) is 187 cm³/mol. The van der Waals surface area contributed by atoms with E-state index in [1.807, 2.05) is 0 Å². The van der Waals surface area contributed by atoms with Crippen molar-refractivity contribution in [3.63, 3.8) is 0 Å². The maximum Gasteiger partial charge on any atom is 0.0862 e. The van der Waals surface area contributed by atoms with Crippen LogP contribution in [0.3, 0.4) is 0 Å². The first kappa shape index (κ1) is 32.1. The molecule has 4 aromatic carbocycles. The minimum absolute atomic E-state index is 0.902. The number of hydrogen-bond donors (Lipinski definition) is 0. The van der Waals surface area contributed by atoms with E-state index in [0.717, 1.165) is 36.2 Å². The van der Waals surface area contributed by atoms with Gasteiger partial charge in [-0.15, -0.1) is 0 Å². The van der Waals surface area contributed by atoms with E-state index in [1.165, 1.54) is 90.3 Å². The van der Waals surface area contributed by atoms with Gasteiger partial charge in [0.2, 0.25) is 0 Å². The maximum absolute atomic E-state index is 4.69. The van der Waals surface area contributed by atoms with Gasteiger partial charge in [-0.3, -0.25) is 0 Å². The highest BCUT2D eigenvalue weighted by molar-refractivity contribution is 5.82. The molecule has 0 atom stereocenters. The van der Waals surface area contributed by atoms with Crippen LogP contribution in [0.1, 0.15) is 101 Å². The summed E-state index contributed by atoms with van der Waals surface area (Å²) in [5.74, 6) is 0. The van der Waals surface area contributed by atoms with E-state index in [4.69, 9.17) is 0 Å². The molecular formula is C41H50N2. The van der Waals surface area contributed by atoms with Gasteiger partial charge in [0.1, 0.15) is 0 Å². The summed E-state index contributed by atoms with van der Waals surface area (Å²) in [5, 5.41) is 9.37. The third-order valence-corrected chi connectivity index (χ3v) is 8.19. The zero-order valence-electron chi connectivity index (χ0n) is 26.9. The second-order valence-corrected chi connectivity index (χ2v) is 11.8. The first-order valence-corrected chi connectivity index (χ1v) is 16.6. The lowest BCUT2D eigenvalue weighted by Gasteiger charge is -2.18. The van der Waals surface area contributed by atoms with Crippen LogP contribution in [0.15, 0.2) is 107 Å². The number of aryl methyl sites for hydroxylation is 2. The van der Waals surface area contributed by atoms with Crippen molar-refractivity contribution in [2.75, 3.05) is 0 Å². The van der Waals surface area contributed by atoms with Crippen LogP contribution >= 0.6 is 0 Å². The number of rotatable bonds is 16. The molecule has 0 aliphatic rings. The van der Waals surface area contributed by atoms with E-state index in [1.54, 1.807) is 0 Å². The molecule has 4 rings (SSSR count). The van der Waals surface area contributed by atoms with Crippen molar-refractivity contribution in [1.29, 1.82) is 0 Å². The average Bonchev–Trinajstić information content (AvgIpc) is 3.05. The van der Waals surface area contributed by atoms with Gasteiger partial charge in [-0.1, -0.05) is 126 Å². The van der Waals surface area contributed by atoms with Crippen molar-refractivity contribution < 1.29 is 0 Å². The van der Waals surface area contributed by atoms with Crippen molar-refractivity contribution in [2.45, 2.75) is 98.3 Å². The highest BCUT2D eigenvalue weighted by Gasteiger charge is 2.14. The number of benzene rings is 4. The van der Waals surface area contributed by atoms with Gasteiger partial charge in [-0.2, -0.15) is 10.2 Å². The fourth-order valence-electron chi connectivity index (χ4n) is 5.82. The summed E-state index contributed by atoms with van der Waals surface area (Å²) >= 11 is 0. The van der Waals surface area contributed by atoms with Crippen molar-refractivity contribution >= 4 is 11.8 Å². The summed E-state index contributed by atoms with van der Waals surface area (Å²) < 4.78 is 0. The lowest BCUT2D eigenvalue weighted by molar-refractivity contribution is 0.608. The van der Waals surface area contributed by atoms with Gasteiger partial charge >= 0.3 is 0 Å². The number of hydrogen-bond acceptors (Lipinski definition) is 2. The number of allylic oxidation sites excluding steroid dienone is 1. The molecule has 0 radical (unpaired) electrons. The monoisotopic (exact) mass is 570 g/mol. The summed E-state index contributed by atoms with van der Waals surface area (Å²) in [4.78, 5) is 0. The van der Waals surface area contributed by atoms with Gasteiger partial charge in [-0.05, 0) is 114 Å². The van der Waals surface area contributed by atoms with Crippen LogP contribution in [0, 0.1) is 0 Å². The third-order valence-electron chi connectivity index (χ3n) is 8.19. The maximum atomic E-state index is 4.69. The molecule has 43 heavy (non-hydrogen) atoms. The van der Waals surface area contributed by atoms with Crippen LogP contribution < -0.4 is 0 Å². The second-order valence-electron chi connectivity index (χ2n) is 11.8. The average molecular weight is 571 g/mol. The molecule has 0 fully saturated rings. The summed E-state index contributed by atoms with van der Waals surface area (Å²) in [6.07, 6.45) is 15.5. The molecule has 0 aliphatic heterocycles. The third kappa shape index (κ3) is 9.89. The van der Waals surface area contributed by atoms with E-state index in [0.29, 0.717) is 0 Å². The molecule has 4 aromatic rings. The number of unbranched alkanes of at least 4 members (excludes halogenated alkanes) is 6. The van der Waals surface area contributed by atoms with Gasteiger partial charge in [0.15, 0.2) is 0 Å². The van der Waals surface area contributed by atoms with Gasteiger partial charge in [0.05, 0.1) is 11.4 Å². The quantitative estimate of drug-likeness (QED) is 0.0945. The normalized spacial score (nSPS) is 11.9. The molecule has 0 unspecified atom stereocenters. The fraction of sp³-hybridized carbons (Fsp3) is 0.366. The molecule has 0 saturated carbocycles. The highest BCUT2D eigenvalue weighted by atomic mass is 15.1. The second kappa shape index (κ2) is 17.4. The summed E-state index contributed by atoms with van der Waals surface area (Å²) in [6.45, 7) is 8.78. The summed E-state index contributed by atoms with van der Waals surface area (Å²) in [5.41, 5.74) is 12.3. The Bertz CT molecular complexity index is 1400. The van der Waals surface area contributed by atoms with E-state index >= 15 is 0 Å². The number of azo groups is 1. The molecule has 0 aliphatic carbocycles. The Hall–Kier alpha value is -3.78. The van der Waals surface area contributed by atoms with Crippen molar-refractivity contribution in [3.05, 3.63) is 119 Å². The predicted octanol–water partition coefficient (Wildman–Crippen LogP) is 13.0. The molecule has 0 amide bonds. The smallest absolute Gasteiger partial charge is 0.0862 e. The molecule has 2 nitrogen and oxygen atoms in total. The van der Waals surface area contributed by atoms with E-state index in [-0.39, 0.29) is 0 Å². The van der Waals surface area contributed by atoms with Crippen molar-refractivity contribution in [1.82, 2.24) is 0 Å². The van der Waals surface area contributed by atoms with Crippen LogP contribution in [-0.2, 0) is 19.3 Å². The highest BCUT2D eigenvalue weighted by Crippen LogP contribution is 2.36. The molecule has 224 valence electrons. The first-order chi connectivity index (χ1) is 21.1. The zero-order chi connectivity index (χ0) is 30.3. The minimum Gasteiger partial charge on any atom is -0.155 e. The molecule has 0 bridgehead atoms. The van der Waals surface area contributed by atoms with Crippen LogP contribution in [0.4, 0.5) is 5.69 Å². The Morgan fingerprint density at radius 3 is 1.79 bits per heavy atom. The Balaban J connectivity index is 1.70. The molecule has 0 spiro atoms. The van der Waals surface area contributed by atoms with Gasteiger partial charge < -0.3 is 0 Å². The minimum atomic E-state index is 0.902. The van der Waals surface area contributed by atoms with Crippen molar-refractivity contribution in [2.24, 2.45) is 10.2 Å². The van der Waals surface area contributed by atoms with E-state index < -0.39 is 0 Å². The fourth-order valence-corrected chi connectivity index (χ4v) is 5.82. The molecule has 0 N–H and O–H groups in total. The summed E-state index contributed by atoms with van der Waals surface area (Å²) in [7, 11) is 0. The molecular weight excluding hydrogens is 520 g/mol. The molecule has 0 aromatic heterocycles. The lowest BCUT2D eigenvalue weighted by atomic mass is 9.86. The van der Waals surface area contributed by atoms with Crippen LogP contribution in [0.5, 0.6) is 0 Å². The van der Waals surface area contributed by atoms with E-state index in [2.05, 4.69) is 135 Å². The van der Waals surface area contributed by atoms with Crippen molar-refractivity contribution in [3.8, 4) is 22.3 Å². The SMILES string of the molecule is CCCCCCCCc1c(-c2ccccc2)cc(C=C(C)N=Nc2cc(CC)cc(CCCC)c2)cc1-c1ccccc1. The topological polar surface area (TPSA) is 24.7 Å². The van der Waals surface area contributed by atoms with Gasteiger partial charge in [0.25, 0.3) is 0 Å². The molecule has 0 heterocycles. The Morgan fingerprint density at radius 2 is 1.19 bits per heavy atom. The van der Waals surface area contributed by atoms with Gasteiger partial charge in [-0.25, -0.2) is 0 Å². The zero-order valence-corrected chi connectivity index (χ0v) is 26.9. The Morgan fingerprint density at radius 1 is 0.605 bits per heavy atom. The van der Waals surface area contributed by atoms with Crippen LogP contribution in [0.2, 0.25) is 0 Å².